The zero-order chi connectivity index (χ0) is 14.6. The summed E-state index contributed by atoms with van der Waals surface area (Å²) in [4.78, 5) is 2.29. The first-order valence-electron chi connectivity index (χ1n) is 6.99. The van der Waals surface area contributed by atoms with Crippen LogP contribution in [0.3, 0.4) is 0 Å². The van der Waals surface area contributed by atoms with Gasteiger partial charge in [0.15, 0.2) is 0 Å². The van der Waals surface area contributed by atoms with Crippen LogP contribution in [-0.2, 0) is 18.7 Å². The van der Waals surface area contributed by atoms with Crippen molar-refractivity contribution in [1.29, 1.82) is 0 Å². The summed E-state index contributed by atoms with van der Waals surface area (Å²) in [7, 11) is 2.12. The molecule has 0 spiro atoms. The third-order valence-electron chi connectivity index (χ3n) is 3.41. The van der Waals surface area contributed by atoms with E-state index < -0.39 is 5.60 Å². The molecule has 0 saturated heterocycles. The molecule has 0 saturated carbocycles. The molecule has 0 unspecified atom stereocenters. The Morgan fingerprint density at radius 3 is 1.85 bits per heavy atom. The average Bonchev–Trinajstić information content (AvgIpc) is 2.39. The number of rotatable bonds is 5. The molecule has 0 aliphatic heterocycles. The summed E-state index contributed by atoms with van der Waals surface area (Å²) >= 11 is 0. The van der Waals surface area contributed by atoms with Crippen LogP contribution in [0.4, 0.5) is 0 Å². The molecular formula is C18H23NO. The Morgan fingerprint density at radius 2 is 1.35 bits per heavy atom. The van der Waals surface area contributed by atoms with Crippen molar-refractivity contribution in [1.82, 2.24) is 4.90 Å². The molecule has 0 atom stereocenters. The van der Waals surface area contributed by atoms with E-state index in [-0.39, 0.29) is 0 Å². The van der Waals surface area contributed by atoms with Crippen molar-refractivity contribution in [2.75, 3.05) is 7.05 Å². The third kappa shape index (κ3) is 4.19. The van der Waals surface area contributed by atoms with Gasteiger partial charge in [-0.3, -0.25) is 4.90 Å². The summed E-state index contributed by atoms with van der Waals surface area (Å²) < 4.78 is 0. The van der Waals surface area contributed by atoms with Gasteiger partial charge in [0, 0.05) is 13.1 Å². The zero-order valence-corrected chi connectivity index (χ0v) is 12.5. The Balaban J connectivity index is 1.96. The van der Waals surface area contributed by atoms with Crippen LogP contribution in [0.5, 0.6) is 0 Å². The van der Waals surface area contributed by atoms with Gasteiger partial charge in [-0.15, -0.1) is 0 Å². The van der Waals surface area contributed by atoms with Crippen molar-refractivity contribution >= 4 is 0 Å². The molecule has 0 amide bonds. The summed E-state index contributed by atoms with van der Waals surface area (Å²) in [6.45, 7) is 5.46. The largest absolute Gasteiger partial charge is 0.386 e. The van der Waals surface area contributed by atoms with Crippen molar-refractivity contribution in [2.45, 2.75) is 32.5 Å². The lowest BCUT2D eigenvalue weighted by molar-refractivity contribution is 0.0786. The van der Waals surface area contributed by atoms with Gasteiger partial charge >= 0.3 is 0 Å². The minimum atomic E-state index is -0.769. The van der Waals surface area contributed by atoms with Gasteiger partial charge in [0.2, 0.25) is 0 Å². The number of aliphatic hydroxyl groups is 1. The Bertz CT molecular complexity index is 526. The van der Waals surface area contributed by atoms with Crippen LogP contribution >= 0.6 is 0 Å². The fourth-order valence-electron chi connectivity index (χ4n) is 2.28. The average molecular weight is 269 g/mol. The van der Waals surface area contributed by atoms with Crippen molar-refractivity contribution in [3.8, 4) is 0 Å². The molecule has 0 radical (unpaired) electrons. The fraction of sp³-hybridized carbons (Fsp3) is 0.333. The van der Waals surface area contributed by atoms with Crippen LogP contribution in [0.25, 0.3) is 0 Å². The van der Waals surface area contributed by atoms with Crippen molar-refractivity contribution in [3.63, 3.8) is 0 Å². The number of benzene rings is 2. The van der Waals surface area contributed by atoms with Crippen LogP contribution < -0.4 is 0 Å². The van der Waals surface area contributed by atoms with E-state index in [2.05, 4.69) is 48.3 Å². The monoisotopic (exact) mass is 269 g/mol. The van der Waals surface area contributed by atoms with Gasteiger partial charge in [0.05, 0.1) is 5.60 Å². The second kappa shape index (κ2) is 6.21. The molecule has 0 aliphatic carbocycles. The number of nitrogens with zero attached hydrogens (tertiary/aromatic N) is 1. The molecular weight excluding hydrogens is 246 g/mol. The Hall–Kier alpha value is -1.64. The molecule has 0 fully saturated rings. The molecule has 0 aliphatic rings. The second-order valence-corrected chi connectivity index (χ2v) is 5.91. The third-order valence-corrected chi connectivity index (χ3v) is 3.41. The lowest BCUT2D eigenvalue weighted by Gasteiger charge is -2.20. The summed E-state index contributed by atoms with van der Waals surface area (Å²) in [5, 5.41) is 9.95. The molecule has 106 valence electrons. The quantitative estimate of drug-likeness (QED) is 0.897. The number of hydrogen-bond donors (Lipinski definition) is 1. The minimum Gasteiger partial charge on any atom is -0.386 e. The first-order valence-corrected chi connectivity index (χ1v) is 6.99. The van der Waals surface area contributed by atoms with Crippen LogP contribution in [0.2, 0.25) is 0 Å². The molecule has 0 aromatic heterocycles. The van der Waals surface area contributed by atoms with Gasteiger partial charge in [-0.1, -0.05) is 54.6 Å². The molecule has 0 heterocycles. The van der Waals surface area contributed by atoms with Gasteiger partial charge < -0.3 is 5.11 Å². The lowest BCUT2D eigenvalue weighted by Crippen LogP contribution is -2.18. The van der Waals surface area contributed by atoms with Crippen molar-refractivity contribution in [3.05, 3.63) is 71.3 Å². The first kappa shape index (κ1) is 14.8. The maximum atomic E-state index is 9.95. The Labute approximate surface area is 121 Å². The predicted molar refractivity (Wildman–Crippen MR) is 83.3 cm³/mol. The van der Waals surface area contributed by atoms with Gasteiger partial charge in [-0.2, -0.15) is 0 Å². The van der Waals surface area contributed by atoms with E-state index in [1.165, 1.54) is 11.1 Å². The van der Waals surface area contributed by atoms with Crippen LogP contribution in [0.1, 0.15) is 30.5 Å². The van der Waals surface area contributed by atoms with Crippen molar-refractivity contribution < 1.29 is 5.11 Å². The fourth-order valence-corrected chi connectivity index (χ4v) is 2.28. The molecule has 0 bridgehead atoms. The molecule has 2 nitrogen and oxygen atoms in total. The highest BCUT2D eigenvalue weighted by Crippen LogP contribution is 2.20. The first-order chi connectivity index (χ1) is 9.45. The van der Waals surface area contributed by atoms with Gasteiger partial charge in [0.25, 0.3) is 0 Å². The molecule has 1 N–H and O–H groups in total. The van der Waals surface area contributed by atoms with E-state index >= 15 is 0 Å². The molecule has 20 heavy (non-hydrogen) atoms. The van der Waals surface area contributed by atoms with E-state index in [1.807, 2.05) is 32.0 Å². The molecule has 2 aromatic rings. The summed E-state index contributed by atoms with van der Waals surface area (Å²) in [6.07, 6.45) is 0. The van der Waals surface area contributed by atoms with Crippen molar-refractivity contribution in [2.24, 2.45) is 0 Å². The van der Waals surface area contributed by atoms with E-state index in [9.17, 15) is 5.11 Å². The van der Waals surface area contributed by atoms with Gasteiger partial charge in [-0.25, -0.2) is 0 Å². The smallest absolute Gasteiger partial charge is 0.0840 e. The second-order valence-electron chi connectivity index (χ2n) is 5.91. The Morgan fingerprint density at radius 1 is 0.850 bits per heavy atom. The standard InChI is InChI=1S/C18H23NO/c1-18(2,20)17-11-9-16(10-12-17)14-19(3)13-15-7-5-4-6-8-15/h4-12,20H,13-14H2,1-3H3. The van der Waals surface area contributed by atoms with E-state index in [4.69, 9.17) is 0 Å². The normalized spacial score (nSPS) is 11.8. The molecule has 2 rings (SSSR count). The highest BCUT2D eigenvalue weighted by molar-refractivity contribution is 5.26. The zero-order valence-electron chi connectivity index (χ0n) is 12.5. The summed E-state index contributed by atoms with van der Waals surface area (Å²) in [5.41, 5.74) is 2.76. The topological polar surface area (TPSA) is 23.5 Å². The highest BCUT2D eigenvalue weighted by atomic mass is 16.3. The van der Waals surface area contributed by atoms with Crippen LogP contribution in [0, 0.1) is 0 Å². The van der Waals surface area contributed by atoms with E-state index in [1.54, 1.807) is 0 Å². The molecule has 2 heteroatoms. The summed E-state index contributed by atoms with van der Waals surface area (Å²) in [5.74, 6) is 0. The van der Waals surface area contributed by atoms with Crippen LogP contribution in [0.15, 0.2) is 54.6 Å². The summed E-state index contributed by atoms with van der Waals surface area (Å²) in [6, 6.07) is 18.7. The lowest BCUT2D eigenvalue weighted by atomic mass is 9.97. The Kier molecular flexibility index (Phi) is 4.58. The maximum Gasteiger partial charge on any atom is 0.0840 e. The van der Waals surface area contributed by atoms with E-state index in [0.717, 1.165) is 18.7 Å². The van der Waals surface area contributed by atoms with Gasteiger partial charge in [-0.05, 0) is 37.6 Å². The predicted octanol–water partition coefficient (Wildman–Crippen LogP) is 3.55. The molecule has 2 aromatic carbocycles. The number of hydrogen-bond acceptors (Lipinski definition) is 2. The van der Waals surface area contributed by atoms with E-state index in [0.29, 0.717) is 0 Å². The van der Waals surface area contributed by atoms with Gasteiger partial charge in [0.1, 0.15) is 0 Å². The van der Waals surface area contributed by atoms with Crippen LogP contribution in [-0.4, -0.2) is 17.1 Å². The SMILES string of the molecule is CN(Cc1ccccc1)Cc1ccc(C(C)(C)O)cc1. The highest BCUT2D eigenvalue weighted by Gasteiger charge is 2.15. The minimum absolute atomic E-state index is 0.769. The maximum absolute atomic E-state index is 9.95.